The van der Waals surface area contributed by atoms with Gasteiger partial charge >= 0.3 is 0 Å². The number of carbonyl (C=O) groups is 1. The molecule has 0 saturated carbocycles. The molecule has 1 aliphatic rings. The number of ketones is 1. The molecular formula is C13H16O2S. The number of rotatable bonds is 0. The minimum atomic E-state index is -0.992. The summed E-state index contributed by atoms with van der Waals surface area (Å²) in [6.45, 7) is 6.33. The minimum absolute atomic E-state index is 0.0221. The molecule has 0 spiro atoms. The average molecular weight is 236 g/mol. The van der Waals surface area contributed by atoms with Gasteiger partial charge in [0.25, 0.3) is 0 Å². The fraction of sp³-hybridized carbons (Fsp3) is 0.462. The molecule has 2 nitrogen and oxygen atoms in total. The molecule has 16 heavy (non-hydrogen) atoms. The van der Waals surface area contributed by atoms with Crippen molar-refractivity contribution in [2.75, 3.05) is 5.75 Å². The van der Waals surface area contributed by atoms with Crippen LogP contribution >= 0.6 is 0 Å². The lowest BCUT2D eigenvalue weighted by atomic mass is 9.85. The SMILES string of the molecule is CC(C)(C)c1ccc2c(c1)C(=O)CCS2=O. The van der Waals surface area contributed by atoms with E-state index in [1.165, 1.54) is 0 Å². The Labute approximate surface area is 98.5 Å². The normalized spacial score (nSPS) is 20.7. The highest BCUT2D eigenvalue weighted by Crippen LogP contribution is 2.28. The largest absolute Gasteiger partial charge is 0.294 e. The van der Waals surface area contributed by atoms with Gasteiger partial charge in [0.05, 0.1) is 10.8 Å². The Morgan fingerprint density at radius 1 is 1.25 bits per heavy atom. The van der Waals surface area contributed by atoms with Crippen molar-refractivity contribution in [1.29, 1.82) is 0 Å². The maximum Gasteiger partial charge on any atom is 0.165 e. The van der Waals surface area contributed by atoms with Crippen LogP contribution in [0.5, 0.6) is 0 Å². The lowest BCUT2D eigenvalue weighted by molar-refractivity contribution is 0.0984. The quantitative estimate of drug-likeness (QED) is 0.694. The third-order valence-corrected chi connectivity index (χ3v) is 4.33. The van der Waals surface area contributed by atoms with E-state index < -0.39 is 10.8 Å². The van der Waals surface area contributed by atoms with Gasteiger partial charge in [-0.25, -0.2) is 0 Å². The van der Waals surface area contributed by atoms with Gasteiger partial charge < -0.3 is 0 Å². The van der Waals surface area contributed by atoms with Crippen LogP contribution in [0.1, 0.15) is 43.1 Å². The predicted octanol–water partition coefficient (Wildman–Crippen LogP) is 2.68. The lowest BCUT2D eigenvalue weighted by Crippen LogP contribution is -2.19. The fourth-order valence-electron chi connectivity index (χ4n) is 1.84. The molecule has 0 radical (unpaired) electrons. The van der Waals surface area contributed by atoms with Crippen molar-refractivity contribution >= 4 is 16.6 Å². The highest BCUT2D eigenvalue weighted by atomic mass is 32.2. The van der Waals surface area contributed by atoms with Crippen LogP contribution in [0.3, 0.4) is 0 Å². The van der Waals surface area contributed by atoms with Gasteiger partial charge in [0.2, 0.25) is 0 Å². The lowest BCUT2D eigenvalue weighted by Gasteiger charge is -2.22. The maximum absolute atomic E-state index is 11.8. The second kappa shape index (κ2) is 3.81. The highest BCUT2D eigenvalue weighted by Gasteiger charge is 2.24. The molecule has 0 aliphatic carbocycles. The van der Waals surface area contributed by atoms with E-state index in [2.05, 4.69) is 20.8 Å². The number of hydrogen-bond acceptors (Lipinski definition) is 2. The Morgan fingerprint density at radius 2 is 1.94 bits per heavy atom. The summed E-state index contributed by atoms with van der Waals surface area (Å²) in [5, 5.41) is 0. The average Bonchev–Trinajstić information content (AvgIpc) is 2.22. The van der Waals surface area contributed by atoms with Crippen molar-refractivity contribution in [3.63, 3.8) is 0 Å². The summed E-state index contributed by atoms with van der Waals surface area (Å²) in [4.78, 5) is 12.5. The third-order valence-electron chi connectivity index (χ3n) is 2.91. The first-order valence-corrected chi connectivity index (χ1v) is 6.77. The van der Waals surface area contributed by atoms with Gasteiger partial charge in [-0.2, -0.15) is 0 Å². The molecule has 1 atom stereocenters. The fourth-order valence-corrected chi connectivity index (χ4v) is 3.07. The van der Waals surface area contributed by atoms with E-state index in [4.69, 9.17) is 0 Å². The molecule has 2 rings (SSSR count). The van der Waals surface area contributed by atoms with Crippen molar-refractivity contribution in [1.82, 2.24) is 0 Å². The first-order valence-electron chi connectivity index (χ1n) is 5.46. The van der Waals surface area contributed by atoms with Crippen LogP contribution in [0.4, 0.5) is 0 Å². The van der Waals surface area contributed by atoms with Gasteiger partial charge in [0, 0.05) is 22.6 Å². The summed E-state index contributed by atoms with van der Waals surface area (Å²) < 4.78 is 11.8. The molecule has 0 N–H and O–H groups in total. The third kappa shape index (κ3) is 1.96. The molecular weight excluding hydrogens is 220 g/mol. The maximum atomic E-state index is 11.8. The number of fused-ring (bicyclic) bond motifs is 1. The summed E-state index contributed by atoms with van der Waals surface area (Å²) in [5.74, 6) is 0.599. The number of hydrogen-bond donors (Lipinski definition) is 0. The summed E-state index contributed by atoms with van der Waals surface area (Å²) in [7, 11) is -0.992. The van der Waals surface area contributed by atoms with Crippen molar-refractivity contribution in [2.45, 2.75) is 37.5 Å². The van der Waals surface area contributed by atoms with Crippen LogP contribution in [0.2, 0.25) is 0 Å². The smallest absolute Gasteiger partial charge is 0.165 e. The zero-order valence-electron chi connectivity index (χ0n) is 9.87. The molecule has 3 heteroatoms. The second-order valence-electron chi connectivity index (χ2n) is 5.18. The van der Waals surface area contributed by atoms with Gasteiger partial charge in [-0.05, 0) is 23.1 Å². The van der Waals surface area contributed by atoms with E-state index in [0.29, 0.717) is 22.6 Å². The van der Waals surface area contributed by atoms with E-state index in [0.717, 1.165) is 5.56 Å². The van der Waals surface area contributed by atoms with Crippen molar-refractivity contribution < 1.29 is 9.00 Å². The van der Waals surface area contributed by atoms with Crippen LogP contribution < -0.4 is 0 Å². The summed E-state index contributed by atoms with van der Waals surface area (Å²) in [6.07, 6.45) is 0.410. The molecule has 86 valence electrons. The molecule has 1 unspecified atom stereocenters. The molecule has 1 aromatic rings. The molecule has 0 amide bonds. The summed E-state index contributed by atoms with van der Waals surface area (Å²) >= 11 is 0. The van der Waals surface area contributed by atoms with Gasteiger partial charge in [-0.1, -0.05) is 26.8 Å². The van der Waals surface area contributed by atoms with Crippen molar-refractivity contribution in [3.8, 4) is 0 Å². The van der Waals surface area contributed by atoms with Gasteiger partial charge in [-0.15, -0.1) is 0 Å². The Morgan fingerprint density at radius 3 is 2.56 bits per heavy atom. The monoisotopic (exact) mass is 236 g/mol. The first-order chi connectivity index (χ1) is 7.39. The Hall–Kier alpha value is -0.960. The Kier molecular flexibility index (Phi) is 2.74. The second-order valence-corrected chi connectivity index (χ2v) is 6.72. The van der Waals surface area contributed by atoms with E-state index in [-0.39, 0.29) is 11.2 Å². The molecule has 1 aromatic carbocycles. The Balaban J connectivity index is 2.57. The number of carbonyl (C=O) groups excluding carboxylic acids is 1. The standard InChI is InChI=1S/C13H16O2S/c1-13(2,3)9-4-5-12-10(8-9)11(14)6-7-16(12)15/h4-5,8H,6-7H2,1-3H3. The zero-order valence-corrected chi connectivity index (χ0v) is 10.7. The first kappa shape index (κ1) is 11.5. The minimum Gasteiger partial charge on any atom is -0.294 e. The molecule has 0 bridgehead atoms. The molecule has 0 fully saturated rings. The molecule has 1 heterocycles. The Bertz CT molecular complexity index is 469. The number of benzene rings is 1. The number of Topliss-reactive ketones (excluding diaryl/α,β-unsaturated/α-hetero) is 1. The van der Waals surface area contributed by atoms with Gasteiger partial charge in [0.15, 0.2) is 5.78 Å². The van der Waals surface area contributed by atoms with E-state index >= 15 is 0 Å². The highest BCUT2D eigenvalue weighted by molar-refractivity contribution is 7.85. The van der Waals surface area contributed by atoms with Crippen LogP contribution in [-0.4, -0.2) is 15.7 Å². The van der Waals surface area contributed by atoms with Crippen molar-refractivity contribution in [2.24, 2.45) is 0 Å². The topological polar surface area (TPSA) is 34.1 Å². The van der Waals surface area contributed by atoms with Crippen LogP contribution in [0.25, 0.3) is 0 Å². The van der Waals surface area contributed by atoms with Gasteiger partial charge in [-0.3, -0.25) is 9.00 Å². The predicted molar refractivity (Wildman–Crippen MR) is 65.4 cm³/mol. The zero-order chi connectivity index (χ0) is 11.9. The van der Waals surface area contributed by atoms with E-state index in [1.807, 2.05) is 18.2 Å². The summed E-state index contributed by atoms with van der Waals surface area (Å²) in [5.41, 5.74) is 1.81. The van der Waals surface area contributed by atoms with E-state index in [1.54, 1.807) is 0 Å². The molecule has 1 aliphatic heterocycles. The molecule has 0 saturated heterocycles. The van der Waals surface area contributed by atoms with Crippen LogP contribution in [0, 0.1) is 0 Å². The van der Waals surface area contributed by atoms with Crippen LogP contribution in [-0.2, 0) is 16.2 Å². The van der Waals surface area contributed by atoms with E-state index in [9.17, 15) is 9.00 Å². The molecule has 0 aromatic heterocycles. The van der Waals surface area contributed by atoms with Crippen LogP contribution in [0.15, 0.2) is 23.1 Å². The summed E-state index contributed by atoms with van der Waals surface area (Å²) in [6, 6.07) is 5.74. The van der Waals surface area contributed by atoms with Gasteiger partial charge in [0.1, 0.15) is 0 Å². The van der Waals surface area contributed by atoms with Crippen molar-refractivity contribution in [3.05, 3.63) is 29.3 Å².